The van der Waals surface area contributed by atoms with E-state index in [-0.39, 0.29) is 17.3 Å². The molecule has 0 radical (unpaired) electrons. The van der Waals surface area contributed by atoms with Crippen molar-refractivity contribution in [2.24, 2.45) is 0 Å². The number of anilines is 1. The van der Waals surface area contributed by atoms with Gasteiger partial charge in [-0.25, -0.2) is 9.59 Å². The Morgan fingerprint density at radius 1 is 1.00 bits per heavy atom. The highest BCUT2D eigenvalue weighted by molar-refractivity contribution is 6.00. The Morgan fingerprint density at radius 2 is 1.62 bits per heavy atom. The van der Waals surface area contributed by atoms with Gasteiger partial charge in [-0.2, -0.15) is 0 Å². The van der Waals surface area contributed by atoms with Crippen molar-refractivity contribution in [1.29, 1.82) is 0 Å². The van der Waals surface area contributed by atoms with Gasteiger partial charge in [-0.3, -0.25) is 0 Å². The summed E-state index contributed by atoms with van der Waals surface area (Å²) >= 11 is 0. The molecule has 0 fully saturated rings. The third-order valence-corrected chi connectivity index (χ3v) is 3.05. The standard InChI is InChI=1S/C16H16N2O3/c1-11(12-7-3-2-4-8-12)17-16(21)18-14-10-6-5-9-13(14)15(19)20/h2-11H,1H3,(H,19,20)(H2,17,18,21). The molecule has 0 aliphatic heterocycles. The second-order valence-corrected chi connectivity index (χ2v) is 4.58. The van der Waals surface area contributed by atoms with E-state index in [0.29, 0.717) is 0 Å². The van der Waals surface area contributed by atoms with Gasteiger partial charge in [-0.05, 0) is 24.6 Å². The number of nitrogens with one attached hydrogen (secondary N) is 2. The smallest absolute Gasteiger partial charge is 0.337 e. The topological polar surface area (TPSA) is 78.4 Å². The zero-order valence-corrected chi connectivity index (χ0v) is 11.5. The van der Waals surface area contributed by atoms with Crippen LogP contribution in [0.5, 0.6) is 0 Å². The third kappa shape index (κ3) is 3.82. The van der Waals surface area contributed by atoms with Crippen LogP contribution >= 0.6 is 0 Å². The highest BCUT2D eigenvalue weighted by Crippen LogP contribution is 2.16. The van der Waals surface area contributed by atoms with E-state index in [9.17, 15) is 9.59 Å². The van der Waals surface area contributed by atoms with Crippen LogP contribution in [0.4, 0.5) is 10.5 Å². The maximum absolute atomic E-state index is 12.0. The van der Waals surface area contributed by atoms with Crippen LogP contribution in [0, 0.1) is 0 Å². The number of amides is 2. The van der Waals surface area contributed by atoms with E-state index >= 15 is 0 Å². The van der Waals surface area contributed by atoms with Crippen LogP contribution in [0.3, 0.4) is 0 Å². The van der Waals surface area contributed by atoms with Crippen LogP contribution in [0.2, 0.25) is 0 Å². The fraction of sp³-hybridized carbons (Fsp3) is 0.125. The highest BCUT2D eigenvalue weighted by Gasteiger charge is 2.13. The summed E-state index contributed by atoms with van der Waals surface area (Å²) in [7, 11) is 0. The summed E-state index contributed by atoms with van der Waals surface area (Å²) < 4.78 is 0. The van der Waals surface area contributed by atoms with Crippen LogP contribution in [0.25, 0.3) is 0 Å². The number of carboxylic acid groups (broad SMARTS) is 1. The van der Waals surface area contributed by atoms with E-state index in [1.165, 1.54) is 6.07 Å². The summed E-state index contributed by atoms with van der Waals surface area (Å²) in [6.07, 6.45) is 0. The van der Waals surface area contributed by atoms with Crippen molar-refractivity contribution in [3.05, 3.63) is 65.7 Å². The van der Waals surface area contributed by atoms with Crippen molar-refractivity contribution < 1.29 is 14.7 Å². The van der Waals surface area contributed by atoms with Crippen molar-refractivity contribution >= 4 is 17.7 Å². The highest BCUT2D eigenvalue weighted by atomic mass is 16.4. The molecule has 0 heterocycles. The molecule has 2 aromatic carbocycles. The molecule has 5 nitrogen and oxygen atoms in total. The lowest BCUT2D eigenvalue weighted by Crippen LogP contribution is -2.31. The number of para-hydroxylation sites is 1. The minimum Gasteiger partial charge on any atom is -0.478 e. The van der Waals surface area contributed by atoms with E-state index in [4.69, 9.17) is 5.11 Å². The monoisotopic (exact) mass is 284 g/mol. The molecule has 0 aromatic heterocycles. The molecule has 0 saturated heterocycles. The lowest BCUT2D eigenvalue weighted by atomic mass is 10.1. The van der Waals surface area contributed by atoms with Gasteiger partial charge in [0, 0.05) is 0 Å². The van der Waals surface area contributed by atoms with Gasteiger partial charge in [-0.15, -0.1) is 0 Å². The summed E-state index contributed by atoms with van der Waals surface area (Å²) in [5, 5.41) is 14.4. The van der Waals surface area contributed by atoms with E-state index < -0.39 is 12.0 Å². The summed E-state index contributed by atoms with van der Waals surface area (Å²) in [4.78, 5) is 23.0. The third-order valence-electron chi connectivity index (χ3n) is 3.05. The summed E-state index contributed by atoms with van der Waals surface area (Å²) in [5.74, 6) is -1.08. The molecule has 0 bridgehead atoms. The molecule has 2 aromatic rings. The number of carbonyl (C=O) groups excluding carboxylic acids is 1. The minimum absolute atomic E-state index is 0.0556. The van der Waals surface area contributed by atoms with Gasteiger partial charge >= 0.3 is 12.0 Å². The summed E-state index contributed by atoms with van der Waals surface area (Å²) in [6.45, 7) is 1.86. The van der Waals surface area contributed by atoms with E-state index in [1.54, 1.807) is 18.2 Å². The summed E-state index contributed by atoms with van der Waals surface area (Å²) in [5.41, 5.74) is 1.29. The normalized spacial score (nSPS) is 11.5. The maximum Gasteiger partial charge on any atom is 0.337 e. The molecule has 0 spiro atoms. The van der Waals surface area contributed by atoms with Gasteiger partial charge in [0.1, 0.15) is 0 Å². The molecule has 2 amide bonds. The van der Waals surface area contributed by atoms with Gasteiger partial charge in [0.15, 0.2) is 0 Å². The number of hydrogen-bond donors (Lipinski definition) is 3. The Morgan fingerprint density at radius 3 is 2.29 bits per heavy atom. The fourth-order valence-electron chi connectivity index (χ4n) is 1.96. The quantitative estimate of drug-likeness (QED) is 0.806. The molecular formula is C16H16N2O3. The molecule has 0 aliphatic carbocycles. The number of rotatable bonds is 4. The largest absolute Gasteiger partial charge is 0.478 e. The minimum atomic E-state index is -1.08. The van der Waals surface area contributed by atoms with Crippen LogP contribution < -0.4 is 10.6 Å². The average Bonchev–Trinajstić information content (AvgIpc) is 2.48. The molecule has 1 atom stereocenters. The van der Waals surface area contributed by atoms with Gasteiger partial charge < -0.3 is 15.7 Å². The molecular weight excluding hydrogens is 268 g/mol. The Hall–Kier alpha value is -2.82. The van der Waals surface area contributed by atoms with Gasteiger partial charge in [-0.1, -0.05) is 42.5 Å². The Bertz CT molecular complexity index is 641. The van der Waals surface area contributed by atoms with Gasteiger partial charge in [0.05, 0.1) is 17.3 Å². The van der Waals surface area contributed by atoms with Crippen LogP contribution in [-0.4, -0.2) is 17.1 Å². The molecule has 0 aliphatic rings. The molecule has 21 heavy (non-hydrogen) atoms. The first-order valence-electron chi connectivity index (χ1n) is 6.52. The van der Waals surface area contributed by atoms with E-state index in [0.717, 1.165) is 5.56 Å². The van der Waals surface area contributed by atoms with Gasteiger partial charge in [0.25, 0.3) is 0 Å². The maximum atomic E-state index is 12.0. The Kier molecular flexibility index (Phi) is 4.56. The molecule has 1 unspecified atom stereocenters. The molecule has 2 rings (SSSR count). The first-order chi connectivity index (χ1) is 10.1. The number of urea groups is 1. The zero-order chi connectivity index (χ0) is 15.2. The number of hydrogen-bond acceptors (Lipinski definition) is 2. The Balaban J connectivity index is 2.04. The van der Waals surface area contributed by atoms with Crippen LogP contribution in [0.1, 0.15) is 28.9 Å². The number of carboxylic acids is 1. The zero-order valence-electron chi connectivity index (χ0n) is 11.5. The summed E-state index contributed by atoms with van der Waals surface area (Å²) in [6, 6.07) is 15.2. The van der Waals surface area contributed by atoms with Crippen molar-refractivity contribution in [1.82, 2.24) is 5.32 Å². The SMILES string of the molecule is CC(NC(=O)Nc1ccccc1C(=O)O)c1ccccc1. The average molecular weight is 284 g/mol. The first-order valence-corrected chi connectivity index (χ1v) is 6.52. The number of carbonyl (C=O) groups is 2. The number of benzene rings is 2. The second-order valence-electron chi connectivity index (χ2n) is 4.58. The predicted molar refractivity (Wildman–Crippen MR) is 80.4 cm³/mol. The van der Waals surface area contributed by atoms with Crippen LogP contribution in [-0.2, 0) is 0 Å². The van der Waals surface area contributed by atoms with Crippen LogP contribution in [0.15, 0.2) is 54.6 Å². The van der Waals surface area contributed by atoms with Gasteiger partial charge in [0.2, 0.25) is 0 Å². The van der Waals surface area contributed by atoms with Crippen molar-refractivity contribution in [2.75, 3.05) is 5.32 Å². The second kappa shape index (κ2) is 6.56. The molecule has 108 valence electrons. The number of aromatic carboxylic acids is 1. The van der Waals surface area contributed by atoms with E-state index in [2.05, 4.69) is 10.6 Å². The predicted octanol–water partition coefficient (Wildman–Crippen LogP) is 3.27. The van der Waals surface area contributed by atoms with E-state index in [1.807, 2.05) is 37.3 Å². The van der Waals surface area contributed by atoms with Crippen molar-refractivity contribution in [3.8, 4) is 0 Å². The first kappa shape index (κ1) is 14.6. The van der Waals surface area contributed by atoms with Crippen molar-refractivity contribution in [3.63, 3.8) is 0 Å². The van der Waals surface area contributed by atoms with Crippen molar-refractivity contribution in [2.45, 2.75) is 13.0 Å². The lowest BCUT2D eigenvalue weighted by molar-refractivity contribution is 0.0698. The molecule has 5 heteroatoms. The fourth-order valence-corrected chi connectivity index (χ4v) is 1.96. The lowest BCUT2D eigenvalue weighted by Gasteiger charge is -2.15. The molecule has 0 saturated carbocycles. The molecule has 3 N–H and O–H groups in total. The Labute approximate surface area is 122 Å².